The minimum atomic E-state index is -0.815. The van der Waals surface area contributed by atoms with Crippen molar-refractivity contribution in [2.24, 2.45) is 5.92 Å². The van der Waals surface area contributed by atoms with Crippen molar-refractivity contribution in [2.45, 2.75) is 31.5 Å². The molecule has 0 aromatic carbocycles. The number of fused-ring (bicyclic) bond motifs is 1. The molecule has 0 aromatic heterocycles. The van der Waals surface area contributed by atoms with E-state index >= 15 is 0 Å². The van der Waals surface area contributed by atoms with Gasteiger partial charge in [-0.1, -0.05) is 0 Å². The first-order valence-electron chi connectivity index (χ1n) is 4.27. The second-order valence-corrected chi connectivity index (χ2v) is 3.40. The lowest BCUT2D eigenvalue weighted by Gasteiger charge is -2.33. The molecule has 1 heterocycles. The Morgan fingerprint density at radius 1 is 1.50 bits per heavy atom. The molecule has 1 fully saturated rings. The molecule has 3 unspecified atom stereocenters. The molecule has 0 aromatic rings. The van der Waals surface area contributed by atoms with E-state index in [9.17, 15) is 9.18 Å². The normalized spacial score (nSPS) is 40.4. The molecule has 0 saturated heterocycles. The Labute approximate surface area is 70.4 Å². The Morgan fingerprint density at radius 3 is 3.17 bits per heavy atom. The van der Waals surface area contributed by atoms with Gasteiger partial charge in [0.1, 0.15) is 12.3 Å². The maximum atomic E-state index is 12.9. The van der Waals surface area contributed by atoms with Crippen molar-refractivity contribution in [2.75, 3.05) is 0 Å². The van der Waals surface area contributed by atoms with Gasteiger partial charge in [0.05, 0.1) is 12.2 Å². The molecule has 2 aliphatic rings. The summed E-state index contributed by atoms with van der Waals surface area (Å²) in [5.74, 6) is -0.202. The summed E-state index contributed by atoms with van der Waals surface area (Å²) in [5.41, 5.74) is 0. The number of halogens is 1. The smallest absolute Gasteiger partial charge is 0.165 e. The quantitative estimate of drug-likeness (QED) is 0.552. The van der Waals surface area contributed by atoms with E-state index in [-0.39, 0.29) is 17.8 Å². The summed E-state index contributed by atoms with van der Waals surface area (Å²) < 4.78 is 18.1. The fraction of sp³-hybridized carbons (Fsp3) is 0.667. The molecule has 3 heteroatoms. The number of alkyl halides is 1. The average molecular weight is 170 g/mol. The van der Waals surface area contributed by atoms with Gasteiger partial charge in [0.2, 0.25) is 0 Å². The van der Waals surface area contributed by atoms with Crippen molar-refractivity contribution < 1.29 is 13.9 Å². The highest BCUT2D eigenvalue weighted by molar-refractivity contribution is 5.92. The van der Waals surface area contributed by atoms with Crippen molar-refractivity contribution in [3.05, 3.63) is 12.3 Å². The van der Waals surface area contributed by atoms with Gasteiger partial charge in [0.25, 0.3) is 0 Å². The van der Waals surface area contributed by atoms with Crippen LogP contribution in [0, 0.1) is 5.92 Å². The fourth-order valence-electron chi connectivity index (χ4n) is 1.88. The predicted molar refractivity (Wildman–Crippen MR) is 41.3 cm³/mol. The third-order valence-corrected chi connectivity index (χ3v) is 2.57. The predicted octanol–water partition coefficient (Wildman–Crippen LogP) is 1.61. The van der Waals surface area contributed by atoms with E-state index in [1.165, 1.54) is 12.3 Å². The molecule has 1 aliphatic heterocycles. The van der Waals surface area contributed by atoms with Crippen LogP contribution in [-0.4, -0.2) is 18.1 Å². The molecule has 2 nitrogen and oxygen atoms in total. The number of carbonyl (C=O) groups excluding carboxylic acids is 1. The number of hydrogen-bond donors (Lipinski definition) is 0. The van der Waals surface area contributed by atoms with E-state index in [1.807, 2.05) is 0 Å². The van der Waals surface area contributed by atoms with Gasteiger partial charge in [-0.15, -0.1) is 0 Å². The molecule has 0 spiro atoms. The van der Waals surface area contributed by atoms with Crippen LogP contribution < -0.4 is 0 Å². The number of ketones is 1. The highest BCUT2D eigenvalue weighted by atomic mass is 19.1. The van der Waals surface area contributed by atoms with Crippen LogP contribution in [0.3, 0.4) is 0 Å². The summed E-state index contributed by atoms with van der Waals surface area (Å²) >= 11 is 0. The molecule has 3 atom stereocenters. The molecular formula is C9H11FO2. The standard InChI is InChI=1S/C9H11FO2/c10-6-1-2-9-7(5-6)8(11)3-4-12-9/h3-4,6-7,9H,1-2,5H2. The van der Waals surface area contributed by atoms with Crippen LogP contribution in [-0.2, 0) is 9.53 Å². The molecule has 0 amide bonds. The molecular weight excluding hydrogens is 159 g/mol. The first-order chi connectivity index (χ1) is 5.77. The van der Waals surface area contributed by atoms with Crippen molar-refractivity contribution in [1.29, 1.82) is 0 Å². The van der Waals surface area contributed by atoms with E-state index in [4.69, 9.17) is 4.74 Å². The summed E-state index contributed by atoms with van der Waals surface area (Å²) in [7, 11) is 0. The van der Waals surface area contributed by atoms with E-state index in [2.05, 4.69) is 0 Å². The first kappa shape index (κ1) is 7.77. The number of allylic oxidation sites excluding steroid dienone is 1. The average Bonchev–Trinajstić information content (AvgIpc) is 2.07. The van der Waals surface area contributed by atoms with Gasteiger partial charge in [0, 0.05) is 6.08 Å². The van der Waals surface area contributed by atoms with Crippen LogP contribution in [0.25, 0.3) is 0 Å². The topological polar surface area (TPSA) is 26.3 Å². The van der Waals surface area contributed by atoms with Crippen molar-refractivity contribution >= 4 is 5.78 Å². The first-order valence-corrected chi connectivity index (χ1v) is 4.27. The summed E-state index contributed by atoms with van der Waals surface area (Å²) in [6.45, 7) is 0. The van der Waals surface area contributed by atoms with Crippen LogP contribution in [0.4, 0.5) is 4.39 Å². The van der Waals surface area contributed by atoms with E-state index in [1.54, 1.807) is 0 Å². The van der Waals surface area contributed by atoms with Gasteiger partial charge >= 0.3 is 0 Å². The minimum absolute atomic E-state index is 0.0219. The zero-order chi connectivity index (χ0) is 8.55. The van der Waals surface area contributed by atoms with Crippen molar-refractivity contribution in [1.82, 2.24) is 0 Å². The Hall–Kier alpha value is -0.860. The molecule has 12 heavy (non-hydrogen) atoms. The Kier molecular flexibility index (Phi) is 1.87. The molecule has 1 saturated carbocycles. The summed E-state index contributed by atoms with van der Waals surface area (Å²) in [6, 6.07) is 0. The van der Waals surface area contributed by atoms with Gasteiger partial charge in [-0.3, -0.25) is 4.79 Å². The Bertz CT molecular complexity index is 225. The fourth-order valence-corrected chi connectivity index (χ4v) is 1.88. The zero-order valence-corrected chi connectivity index (χ0v) is 6.70. The van der Waals surface area contributed by atoms with Gasteiger partial charge in [0.15, 0.2) is 5.78 Å². The molecule has 1 aliphatic carbocycles. The third-order valence-electron chi connectivity index (χ3n) is 2.57. The molecule has 66 valence electrons. The highest BCUT2D eigenvalue weighted by Crippen LogP contribution is 2.32. The molecule has 0 radical (unpaired) electrons. The van der Waals surface area contributed by atoms with Crippen LogP contribution >= 0.6 is 0 Å². The van der Waals surface area contributed by atoms with Gasteiger partial charge < -0.3 is 4.74 Å². The van der Waals surface area contributed by atoms with E-state index in [0.717, 1.165) is 0 Å². The van der Waals surface area contributed by atoms with Gasteiger partial charge in [-0.25, -0.2) is 4.39 Å². The lowest BCUT2D eigenvalue weighted by molar-refractivity contribution is -0.127. The Balaban J connectivity index is 2.13. The second-order valence-electron chi connectivity index (χ2n) is 3.40. The van der Waals surface area contributed by atoms with Crippen molar-refractivity contribution in [3.63, 3.8) is 0 Å². The summed E-state index contributed by atoms with van der Waals surface area (Å²) in [5, 5.41) is 0. The maximum Gasteiger partial charge on any atom is 0.165 e. The van der Waals surface area contributed by atoms with Gasteiger partial charge in [-0.2, -0.15) is 0 Å². The zero-order valence-electron chi connectivity index (χ0n) is 6.70. The largest absolute Gasteiger partial charge is 0.497 e. The van der Waals surface area contributed by atoms with E-state index in [0.29, 0.717) is 19.3 Å². The van der Waals surface area contributed by atoms with E-state index < -0.39 is 6.17 Å². The SMILES string of the molecule is O=C1C=COC2CCC(F)CC12. The Morgan fingerprint density at radius 2 is 2.33 bits per heavy atom. The second kappa shape index (κ2) is 2.88. The number of hydrogen-bond acceptors (Lipinski definition) is 2. The third kappa shape index (κ3) is 1.24. The van der Waals surface area contributed by atoms with Gasteiger partial charge in [-0.05, 0) is 19.3 Å². The highest BCUT2D eigenvalue weighted by Gasteiger charge is 2.36. The molecule has 0 bridgehead atoms. The summed E-state index contributed by atoms with van der Waals surface area (Å²) in [6.07, 6.45) is 3.50. The molecule has 2 rings (SSSR count). The molecule has 0 N–H and O–H groups in total. The number of ether oxygens (including phenoxy) is 1. The monoisotopic (exact) mass is 170 g/mol. The van der Waals surface area contributed by atoms with Crippen LogP contribution in [0.1, 0.15) is 19.3 Å². The summed E-state index contributed by atoms with van der Waals surface area (Å²) in [4.78, 5) is 11.2. The maximum absolute atomic E-state index is 12.9. The van der Waals surface area contributed by atoms with Crippen LogP contribution in [0.5, 0.6) is 0 Å². The number of rotatable bonds is 0. The van der Waals surface area contributed by atoms with Crippen LogP contribution in [0.2, 0.25) is 0 Å². The lowest BCUT2D eigenvalue weighted by atomic mass is 9.81. The minimum Gasteiger partial charge on any atom is -0.497 e. The number of carbonyl (C=O) groups is 1. The van der Waals surface area contributed by atoms with Crippen molar-refractivity contribution in [3.8, 4) is 0 Å². The lowest BCUT2D eigenvalue weighted by Crippen LogP contribution is -2.37. The van der Waals surface area contributed by atoms with Crippen LogP contribution in [0.15, 0.2) is 12.3 Å².